The third-order valence-corrected chi connectivity index (χ3v) is 3.66. The predicted octanol–water partition coefficient (Wildman–Crippen LogP) is 1.67. The van der Waals surface area contributed by atoms with E-state index in [0.29, 0.717) is 11.6 Å². The molecule has 0 radical (unpaired) electrons. The van der Waals surface area contributed by atoms with Gasteiger partial charge in [0.15, 0.2) is 0 Å². The highest BCUT2D eigenvalue weighted by Crippen LogP contribution is 2.13. The van der Waals surface area contributed by atoms with Gasteiger partial charge in [0.25, 0.3) is 0 Å². The van der Waals surface area contributed by atoms with Crippen LogP contribution >= 0.6 is 0 Å². The van der Waals surface area contributed by atoms with E-state index in [-0.39, 0.29) is 0 Å². The summed E-state index contributed by atoms with van der Waals surface area (Å²) in [5.74, 6) is 0.661. The largest absolute Gasteiger partial charge is 0.338 e. The fraction of sp³-hybridized carbons (Fsp3) is 0.312. The Hall–Kier alpha value is -2.45. The standard InChI is InChI=1S/C16H17N5/c17-12-15-6-7-18-16(19-15)21-10-8-20(9-11-21)13-14-4-2-1-3-5-14/h1-7H,8-11,13H2. The molecule has 1 saturated heterocycles. The Kier molecular flexibility index (Phi) is 4.08. The quantitative estimate of drug-likeness (QED) is 0.855. The van der Waals surface area contributed by atoms with E-state index in [1.165, 1.54) is 5.56 Å². The first-order valence-electron chi connectivity index (χ1n) is 7.09. The minimum Gasteiger partial charge on any atom is -0.338 e. The molecule has 1 aromatic carbocycles. The van der Waals surface area contributed by atoms with Crippen molar-refractivity contribution in [3.63, 3.8) is 0 Å². The van der Waals surface area contributed by atoms with Gasteiger partial charge in [-0.2, -0.15) is 5.26 Å². The Labute approximate surface area is 124 Å². The van der Waals surface area contributed by atoms with E-state index in [1.54, 1.807) is 12.3 Å². The van der Waals surface area contributed by atoms with Gasteiger partial charge in [0.05, 0.1) is 0 Å². The lowest BCUT2D eigenvalue weighted by Crippen LogP contribution is -2.46. The van der Waals surface area contributed by atoms with E-state index >= 15 is 0 Å². The van der Waals surface area contributed by atoms with Gasteiger partial charge in [-0.25, -0.2) is 9.97 Å². The molecular weight excluding hydrogens is 262 g/mol. The van der Waals surface area contributed by atoms with Crippen LogP contribution in [0.3, 0.4) is 0 Å². The Morgan fingerprint density at radius 1 is 1.05 bits per heavy atom. The number of hydrogen-bond acceptors (Lipinski definition) is 5. The van der Waals surface area contributed by atoms with Crippen molar-refractivity contribution < 1.29 is 0 Å². The van der Waals surface area contributed by atoms with E-state index < -0.39 is 0 Å². The Bertz CT molecular complexity index is 627. The zero-order valence-electron chi connectivity index (χ0n) is 11.8. The number of anilines is 1. The lowest BCUT2D eigenvalue weighted by molar-refractivity contribution is 0.248. The minimum absolute atomic E-state index is 0.423. The molecule has 3 rings (SSSR count). The van der Waals surface area contributed by atoms with Gasteiger partial charge in [0.1, 0.15) is 11.8 Å². The van der Waals surface area contributed by atoms with E-state index in [2.05, 4.69) is 50.1 Å². The van der Waals surface area contributed by atoms with Gasteiger partial charge in [-0.3, -0.25) is 4.90 Å². The maximum atomic E-state index is 8.90. The summed E-state index contributed by atoms with van der Waals surface area (Å²) in [5.41, 5.74) is 1.76. The number of aromatic nitrogens is 2. The van der Waals surface area contributed by atoms with Crippen LogP contribution in [0.2, 0.25) is 0 Å². The topological polar surface area (TPSA) is 56.1 Å². The lowest BCUT2D eigenvalue weighted by Gasteiger charge is -2.34. The highest BCUT2D eigenvalue weighted by Gasteiger charge is 2.19. The zero-order chi connectivity index (χ0) is 14.5. The highest BCUT2D eigenvalue weighted by molar-refractivity contribution is 5.34. The molecule has 2 heterocycles. The van der Waals surface area contributed by atoms with Crippen molar-refractivity contribution in [1.82, 2.24) is 14.9 Å². The van der Waals surface area contributed by atoms with Crippen LogP contribution in [0.5, 0.6) is 0 Å². The summed E-state index contributed by atoms with van der Waals surface area (Å²) in [6, 6.07) is 14.2. The second-order valence-corrected chi connectivity index (χ2v) is 5.10. The van der Waals surface area contributed by atoms with Crippen molar-refractivity contribution in [3.8, 4) is 6.07 Å². The first-order chi connectivity index (χ1) is 10.3. The summed E-state index contributed by atoms with van der Waals surface area (Å²) in [5, 5.41) is 8.90. The Morgan fingerprint density at radius 2 is 1.81 bits per heavy atom. The predicted molar refractivity (Wildman–Crippen MR) is 80.7 cm³/mol. The van der Waals surface area contributed by atoms with Crippen molar-refractivity contribution in [2.45, 2.75) is 6.54 Å². The number of rotatable bonds is 3. The molecule has 1 fully saturated rings. The van der Waals surface area contributed by atoms with Crippen LogP contribution in [0.4, 0.5) is 5.95 Å². The highest BCUT2D eigenvalue weighted by atomic mass is 15.3. The summed E-state index contributed by atoms with van der Waals surface area (Å²) >= 11 is 0. The maximum absolute atomic E-state index is 8.90. The number of piperazine rings is 1. The van der Waals surface area contributed by atoms with Crippen LogP contribution in [0.25, 0.3) is 0 Å². The molecule has 0 N–H and O–H groups in total. The number of nitriles is 1. The summed E-state index contributed by atoms with van der Waals surface area (Å²) in [7, 11) is 0. The minimum atomic E-state index is 0.423. The second kappa shape index (κ2) is 6.33. The first kappa shape index (κ1) is 13.5. The molecule has 0 bridgehead atoms. The van der Waals surface area contributed by atoms with E-state index in [1.807, 2.05) is 6.07 Å². The number of hydrogen-bond donors (Lipinski definition) is 0. The van der Waals surface area contributed by atoms with Crippen LogP contribution in [0, 0.1) is 11.3 Å². The van der Waals surface area contributed by atoms with Crippen molar-refractivity contribution in [2.75, 3.05) is 31.1 Å². The molecule has 106 valence electrons. The van der Waals surface area contributed by atoms with Gasteiger partial charge < -0.3 is 4.90 Å². The molecule has 0 amide bonds. The monoisotopic (exact) mass is 279 g/mol. The molecule has 1 aromatic heterocycles. The molecule has 1 aliphatic heterocycles. The molecule has 1 aliphatic rings. The molecule has 0 spiro atoms. The first-order valence-corrected chi connectivity index (χ1v) is 7.09. The summed E-state index contributed by atoms with van der Waals surface area (Å²) < 4.78 is 0. The van der Waals surface area contributed by atoms with E-state index in [9.17, 15) is 0 Å². The van der Waals surface area contributed by atoms with Crippen molar-refractivity contribution in [3.05, 3.63) is 53.9 Å². The molecule has 0 atom stereocenters. The van der Waals surface area contributed by atoms with Crippen LogP contribution in [-0.4, -0.2) is 41.0 Å². The van der Waals surface area contributed by atoms with Gasteiger partial charge in [0.2, 0.25) is 5.95 Å². The van der Waals surface area contributed by atoms with E-state index in [4.69, 9.17) is 5.26 Å². The third-order valence-electron chi connectivity index (χ3n) is 3.66. The van der Waals surface area contributed by atoms with Crippen LogP contribution in [-0.2, 0) is 6.54 Å². The molecular formula is C16H17N5. The molecule has 0 saturated carbocycles. The normalized spacial score (nSPS) is 15.7. The Balaban J connectivity index is 1.59. The van der Waals surface area contributed by atoms with Crippen molar-refractivity contribution in [2.24, 2.45) is 0 Å². The number of benzene rings is 1. The molecule has 21 heavy (non-hydrogen) atoms. The zero-order valence-corrected chi connectivity index (χ0v) is 11.8. The fourth-order valence-corrected chi connectivity index (χ4v) is 2.51. The average Bonchev–Trinajstić information content (AvgIpc) is 2.56. The number of nitrogens with zero attached hydrogens (tertiary/aromatic N) is 5. The Morgan fingerprint density at radius 3 is 2.52 bits per heavy atom. The second-order valence-electron chi connectivity index (χ2n) is 5.10. The molecule has 0 unspecified atom stereocenters. The van der Waals surface area contributed by atoms with Gasteiger partial charge in [-0.1, -0.05) is 30.3 Å². The van der Waals surface area contributed by atoms with Gasteiger partial charge in [0, 0.05) is 38.9 Å². The van der Waals surface area contributed by atoms with Crippen molar-refractivity contribution >= 4 is 5.95 Å². The molecule has 0 aliphatic carbocycles. The summed E-state index contributed by atoms with van der Waals surface area (Å²) in [6.07, 6.45) is 1.65. The summed E-state index contributed by atoms with van der Waals surface area (Å²) in [6.45, 7) is 4.72. The molecule has 5 nitrogen and oxygen atoms in total. The van der Waals surface area contributed by atoms with E-state index in [0.717, 1.165) is 32.7 Å². The van der Waals surface area contributed by atoms with Crippen LogP contribution < -0.4 is 4.90 Å². The third kappa shape index (κ3) is 3.36. The average molecular weight is 279 g/mol. The van der Waals surface area contributed by atoms with Crippen molar-refractivity contribution in [1.29, 1.82) is 5.26 Å². The molecule has 5 heteroatoms. The van der Waals surface area contributed by atoms with Gasteiger partial charge >= 0.3 is 0 Å². The van der Waals surface area contributed by atoms with Crippen LogP contribution in [0.15, 0.2) is 42.6 Å². The summed E-state index contributed by atoms with van der Waals surface area (Å²) in [4.78, 5) is 13.1. The smallest absolute Gasteiger partial charge is 0.226 e. The van der Waals surface area contributed by atoms with Gasteiger partial charge in [-0.05, 0) is 11.6 Å². The van der Waals surface area contributed by atoms with Gasteiger partial charge in [-0.15, -0.1) is 0 Å². The molecule has 2 aromatic rings. The SMILES string of the molecule is N#Cc1ccnc(N2CCN(Cc3ccccc3)CC2)n1. The maximum Gasteiger partial charge on any atom is 0.226 e. The fourth-order valence-electron chi connectivity index (χ4n) is 2.51. The van der Waals surface area contributed by atoms with Crippen LogP contribution in [0.1, 0.15) is 11.3 Å². The lowest BCUT2D eigenvalue weighted by atomic mass is 10.2.